The van der Waals surface area contributed by atoms with E-state index in [1.165, 1.54) is 11.1 Å². The van der Waals surface area contributed by atoms with Crippen molar-refractivity contribution in [3.63, 3.8) is 0 Å². The summed E-state index contributed by atoms with van der Waals surface area (Å²) in [7, 11) is 1.73. The molecule has 0 fully saturated rings. The Bertz CT molecular complexity index is 1700. The predicted octanol–water partition coefficient (Wildman–Crippen LogP) is 11.8. The van der Waals surface area contributed by atoms with Crippen LogP contribution in [0.15, 0.2) is 140 Å². The third kappa shape index (κ3) is 16.1. The molecule has 0 saturated carbocycles. The van der Waals surface area contributed by atoms with Gasteiger partial charge in [0, 0.05) is 25.7 Å². The number of unbranched alkanes of at least 4 members (excludes halogenated alkanes) is 1. The van der Waals surface area contributed by atoms with Gasteiger partial charge in [-0.05, 0) is 77.3 Å². The Morgan fingerprint density at radius 1 is 0.446 bits per heavy atom. The van der Waals surface area contributed by atoms with Gasteiger partial charge < -0.3 is 28.4 Å². The molecule has 5 aromatic rings. The molecule has 0 amide bonds. The van der Waals surface area contributed by atoms with E-state index in [1.807, 2.05) is 54.6 Å². The Balaban J connectivity index is 1.06. The summed E-state index contributed by atoms with van der Waals surface area (Å²) < 4.78 is 37.2. The fourth-order valence-corrected chi connectivity index (χ4v) is 6.70. The molecule has 5 aromatic carbocycles. The van der Waals surface area contributed by atoms with Gasteiger partial charge in [0.25, 0.3) is 0 Å². The second-order valence-corrected chi connectivity index (χ2v) is 15.2. The van der Waals surface area contributed by atoms with Crippen molar-refractivity contribution in [2.24, 2.45) is 11.8 Å². The zero-order valence-corrected chi connectivity index (χ0v) is 33.9. The number of methoxy groups -OCH3 is 1. The fraction of sp³-hybridized carbons (Fsp3) is 0.400. The average molecular weight is 759 g/mol. The van der Waals surface area contributed by atoms with E-state index in [-0.39, 0.29) is 12.6 Å². The maximum Gasteiger partial charge on any atom is 0.184 e. The van der Waals surface area contributed by atoms with E-state index in [2.05, 4.69) is 106 Å². The largest absolute Gasteiger partial charge is 0.356 e. The molecule has 6 nitrogen and oxygen atoms in total. The third-order valence-corrected chi connectivity index (χ3v) is 9.67. The van der Waals surface area contributed by atoms with Gasteiger partial charge in [-0.25, -0.2) is 0 Å². The Hall–Kier alpha value is -4.14. The second-order valence-electron chi connectivity index (χ2n) is 15.2. The number of rotatable bonds is 26. The van der Waals surface area contributed by atoms with Crippen molar-refractivity contribution in [1.29, 1.82) is 0 Å². The van der Waals surface area contributed by atoms with E-state index >= 15 is 0 Å². The van der Waals surface area contributed by atoms with Gasteiger partial charge in [-0.15, -0.1) is 0 Å². The molecule has 56 heavy (non-hydrogen) atoms. The van der Waals surface area contributed by atoms with E-state index in [9.17, 15) is 0 Å². The van der Waals surface area contributed by atoms with Crippen LogP contribution in [-0.4, -0.2) is 26.3 Å². The quantitative estimate of drug-likeness (QED) is 0.0413. The van der Waals surface area contributed by atoms with Gasteiger partial charge in [-0.3, -0.25) is 0 Å². The van der Waals surface area contributed by atoms with E-state index in [4.69, 9.17) is 28.4 Å². The first-order valence-electron chi connectivity index (χ1n) is 20.3. The first-order chi connectivity index (χ1) is 27.4. The molecular weight excluding hydrogens is 697 g/mol. The maximum absolute atomic E-state index is 6.47. The van der Waals surface area contributed by atoms with Crippen molar-refractivity contribution in [1.82, 2.24) is 0 Å². The minimum atomic E-state index is -0.472. The molecular formula is C50H62O6. The van der Waals surface area contributed by atoms with E-state index in [1.54, 1.807) is 7.11 Å². The smallest absolute Gasteiger partial charge is 0.184 e. The molecule has 0 radical (unpaired) electrons. The Labute approximate surface area is 336 Å². The lowest BCUT2D eigenvalue weighted by Crippen LogP contribution is -2.21. The highest BCUT2D eigenvalue weighted by atomic mass is 16.7. The highest BCUT2D eigenvalue weighted by Crippen LogP contribution is 2.25. The lowest BCUT2D eigenvalue weighted by Gasteiger charge is -2.22. The monoisotopic (exact) mass is 758 g/mol. The lowest BCUT2D eigenvalue weighted by atomic mass is 9.96. The van der Waals surface area contributed by atoms with Crippen molar-refractivity contribution < 1.29 is 28.4 Å². The molecule has 0 aromatic heterocycles. The summed E-state index contributed by atoms with van der Waals surface area (Å²) in [5.74, 6) is 0.973. The number of hydrogen-bond donors (Lipinski definition) is 0. The van der Waals surface area contributed by atoms with Crippen LogP contribution in [0.5, 0.6) is 0 Å². The summed E-state index contributed by atoms with van der Waals surface area (Å²) in [6.45, 7) is 9.34. The van der Waals surface area contributed by atoms with Crippen LogP contribution in [0, 0.1) is 11.8 Å². The molecule has 0 saturated heterocycles. The maximum atomic E-state index is 6.47. The normalized spacial score (nSPS) is 13.2. The first kappa shape index (κ1) is 43.0. The number of benzene rings is 5. The molecule has 6 heteroatoms. The van der Waals surface area contributed by atoms with Crippen molar-refractivity contribution in [3.8, 4) is 0 Å². The predicted molar refractivity (Wildman–Crippen MR) is 225 cm³/mol. The van der Waals surface area contributed by atoms with Crippen LogP contribution in [0.2, 0.25) is 0 Å². The molecule has 0 N–H and O–H groups in total. The Morgan fingerprint density at radius 2 is 0.964 bits per heavy atom. The van der Waals surface area contributed by atoms with Crippen LogP contribution < -0.4 is 0 Å². The second kappa shape index (κ2) is 24.5. The minimum absolute atomic E-state index is 0.259. The summed E-state index contributed by atoms with van der Waals surface area (Å²) >= 11 is 0. The van der Waals surface area contributed by atoms with Crippen molar-refractivity contribution >= 4 is 0 Å². The number of ether oxygens (including phenoxy) is 6. The van der Waals surface area contributed by atoms with Crippen molar-refractivity contribution in [3.05, 3.63) is 178 Å². The number of hydrogen-bond acceptors (Lipinski definition) is 6. The van der Waals surface area contributed by atoms with Gasteiger partial charge in [0.15, 0.2) is 18.9 Å². The van der Waals surface area contributed by atoms with Crippen LogP contribution in [0.25, 0.3) is 0 Å². The van der Waals surface area contributed by atoms with Gasteiger partial charge in [-0.2, -0.15) is 0 Å². The van der Waals surface area contributed by atoms with Gasteiger partial charge in [0.2, 0.25) is 0 Å². The topological polar surface area (TPSA) is 55.4 Å². The third-order valence-electron chi connectivity index (χ3n) is 9.67. The molecule has 0 spiro atoms. The van der Waals surface area contributed by atoms with Crippen molar-refractivity contribution in [2.45, 2.75) is 105 Å². The van der Waals surface area contributed by atoms with Crippen molar-refractivity contribution in [2.75, 3.05) is 13.7 Å². The van der Waals surface area contributed by atoms with Crippen LogP contribution in [0.3, 0.4) is 0 Å². The lowest BCUT2D eigenvalue weighted by molar-refractivity contribution is -0.162. The zero-order chi connectivity index (χ0) is 39.2. The van der Waals surface area contributed by atoms with E-state index in [0.717, 1.165) is 66.3 Å². The van der Waals surface area contributed by atoms with E-state index < -0.39 is 6.29 Å². The SMILES string of the molecule is COC(CC(C)Cc1cccc(COC(OCc2ccccc2)c2ccc(CC(C)C)cc2)c1)OCCCCC(OCc1ccccc1)OCc1ccccc1. The zero-order valence-electron chi connectivity index (χ0n) is 33.9. The molecule has 0 heterocycles. The summed E-state index contributed by atoms with van der Waals surface area (Å²) in [5, 5.41) is 0. The molecule has 0 aliphatic rings. The van der Waals surface area contributed by atoms with Crippen LogP contribution in [0.1, 0.15) is 91.7 Å². The Morgan fingerprint density at radius 3 is 1.52 bits per heavy atom. The summed E-state index contributed by atoms with van der Waals surface area (Å²) in [5.41, 5.74) is 8.13. The van der Waals surface area contributed by atoms with Gasteiger partial charge in [0.1, 0.15) is 0 Å². The van der Waals surface area contributed by atoms with Gasteiger partial charge in [-0.1, -0.05) is 160 Å². The van der Waals surface area contributed by atoms with Crippen LogP contribution in [-0.2, 0) is 67.7 Å². The highest BCUT2D eigenvalue weighted by molar-refractivity contribution is 5.26. The Kier molecular flexibility index (Phi) is 18.8. The summed E-state index contributed by atoms with van der Waals surface area (Å²) in [4.78, 5) is 0. The molecule has 0 bridgehead atoms. The fourth-order valence-electron chi connectivity index (χ4n) is 6.70. The molecule has 3 atom stereocenters. The summed E-state index contributed by atoms with van der Waals surface area (Å²) in [6.07, 6.45) is 4.38. The van der Waals surface area contributed by atoms with Crippen LogP contribution in [0.4, 0.5) is 0 Å². The highest BCUT2D eigenvalue weighted by Gasteiger charge is 2.17. The first-order valence-corrected chi connectivity index (χ1v) is 20.3. The molecule has 5 rings (SSSR count). The molecule has 0 aliphatic heterocycles. The molecule has 0 aliphatic carbocycles. The molecule has 298 valence electrons. The van der Waals surface area contributed by atoms with Crippen LogP contribution >= 0.6 is 0 Å². The average Bonchev–Trinajstić information content (AvgIpc) is 3.22. The minimum Gasteiger partial charge on any atom is -0.356 e. The summed E-state index contributed by atoms with van der Waals surface area (Å²) in [6, 6.07) is 48.1. The van der Waals surface area contributed by atoms with E-state index in [0.29, 0.717) is 44.9 Å². The standard InChI is InChI=1S/C50H62O6/c1-39(2)31-41-26-28-47(29-27-41)50(55-37-44-21-12-7-13-22-44)56-38-46-24-16-23-45(34-46)32-40(3)33-49(51-4)52-30-15-14-25-48(53-35-42-17-8-5-9-18-42)54-36-43-19-10-6-11-20-43/h5-13,16-24,26-29,34,39-40,48-50H,14-15,25,30-33,35-38H2,1-4H3. The van der Waals surface area contributed by atoms with Gasteiger partial charge >= 0.3 is 0 Å². The molecule has 3 unspecified atom stereocenters. The van der Waals surface area contributed by atoms with Gasteiger partial charge in [0.05, 0.1) is 26.4 Å².